The van der Waals surface area contributed by atoms with Gasteiger partial charge in [-0.25, -0.2) is 4.98 Å². The number of thiazole rings is 1. The van der Waals surface area contributed by atoms with Crippen molar-refractivity contribution in [1.29, 1.82) is 0 Å². The first-order chi connectivity index (χ1) is 11.5. The fourth-order valence-corrected chi connectivity index (χ4v) is 3.14. The van der Waals surface area contributed by atoms with Gasteiger partial charge in [0.25, 0.3) is 0 Å². The fraction of sp³-hybridized carbons (Fsp3) is 0.389. The van der Waals surface area contributed by atoms with E-state index in [-0.39, 0.29) is 24.7 Å². The molecule has 0 fully saturated rings. The zero-order valence-corrected chi connectivity index (χ0v) is 15.1. The van der Waals surface area contributed by atoms with E-state index in [2.05, 4.69) is 15.6 Å². The molecule has 0 saturated heterocycles. The van der Waals surface area contributed by atoms with E-state index >= 15 is 0 Å². The molecule has 0 aliphatic carbocycles. The van der Waals surface area contributed by atoms with Crippen molar-refractivity contribution in [3.05, 3.63) is 45.4 Å². The van der Waals surface area contributed by atoms with Crippen LogP contribution < -0.4 is 10.6 Å². The molecule has 6 heteroatoms. The Morgan fingerprint density at radius 3 is 2.50 bits per heavy atom. The molecule has 2 aromatic rings. The van der Waals surface area contributed by atoms with Crippen molar-refractivity contribution >= 4 is 28.8 Å². The van der Waals surface area contributed by atoms with Gasteiger partial charge in [-0.2, -0.15) is 0 Å². The summed E-state index contributed by atoms with van der Waals surface area (Å²) in [5.74, 6) is -0.286. The van der Waals surface area contributed by atoms with Gasteiger partial charge in [-0.15, -0.1) is 11.3 Å². The Balaban J connectivity index is 1.75. The third-order valence-corrected chi connectivity index (χ3v) is 4.83. The quantitative estimate of drug-likeness (QED) is 0.808. The number of aryl methyl sites for hydroxylation is 3. The number of carbonyl (C=O) groups is 2. The highest BCUT2D eigenvalue weighted by Gasteiger charge is 2.10. The first-order valence-corrected chi connectivity index (χ1v) is 8.88. The predicted molar refractivity (Wildman–Crippen MR) is 97.1 cm³/mol. The fourth-order valence-electron chi connectivity index (χ4n) is 2.27. The first-order valence-electron chi connectivity index (χ1n) is 8.07. The highest BCUT2D eigenvalue weighted by molar-refractivity contribution is 7.11. The Bertz CT molecular complexity index is 705. The number of anilines is 1. The molecule has 2 rings (SSSR count). The molecule has 0 bridgehead atoms. The number of carbonyl (C=O) groups excluding carboxylic acids is 2. The smallest absolute Gasteiger partial charge is 0.224 e. The molecule has 128 valence electrons. The van der Waals surface area contributed by atoms with Crippen LogP contribution in [0.4, 0.5) is 5.69 Å². The third-order valence-electron chi connectivity index (χ3n) is 3.76. The van der Waals surface area contributed by atoms with Gasteiger partial charge in [0, 0.05) is 23.4 Å². The van der Waals surface area contributed by atoms with E-state index in [4.69, 9.17) is 0 Å². The third kappa shape index (κ3) is 5.16. The van der Waals surface area contributed by atoms with Crippen LogP contribution in [0.2, 0.25) is 0 Å². The number of nitrogens with one attached hydrogen (secondary N) is 2. The molecule has 1 aromatic heterocycles. The summed E-state index contributed by atoms with van der Waals surface area (Å²) in [6, 6.07) is 7.70. The van der Waals surface area contributed by atoms with Crippen molar-refractivity contribution in [2.75, 3.05) is 5.32 Å². The number of para-hydroxylation sites is 1. The number of hydrogen-bond acceptors (Lipinski definition) is 4. The Hall–Kier alpha value is -2.21. The Morgan fingerprint density at radius 2 is 1.83 bits per heavy atom. The second kappa shape index (κ2) is 8.59. The normalized spacial score (nSPS) is 10.5. The van der Waals surface area contributed by atoms with Crippen LogP contribution in [0, 0.1) is 13.8 Å². The molecular formula is C18H23N3O2S. The summed E-state index contributed by atoms with van der Waals surface area (Å²) in [6.07, 6.45) is 1.19. The van der Waals surface area contributed by atoms with Crippen LogP contribution in [-0.2, 0) is 22.6 Å². The van der Waals surface area contributed by atoms with Gasteiger partial charge in [0.1, 0.15) is 5.01 Å². The van der Waals surface area contributed by atoms with Gasteiger partial charge in [-0.3, -0.25) is 9.59 Å². The van der Waals surface area contributed by atoms with E-state index in [9.17, 15) is 9.59 Å². The number of benzene rings is 1. The summed E-state index contributed by atoms with van der Waals surface area (Å²) in [7, 11) is 0. The summed E-state index contributed by atoms with van der Waals surface area (Å²) in [5, 5.41) is 6.57. The van der Waals surface area contributed by atoms with Crippen molar-refractivity contribution in [3.8, 4) is 0 Å². The maximum absolute atomic E-state index is 12.0. The van der Waals surface area contributed by atoms with Crippen LogP contribution in [-0.4, -0.2) is 16.8 Å². The zero-order chi connectivity index (χ0) is 17.5. The van der Waals surface area contributed by atoms with Gasteiger partial charge < -0.3 is 10.6 Å². The van der Waals surface area contributed by atoms with Crippen LogP contribution in [0.15, 0.2) is 24.3 Å². The van der Waals surface area contributed by atoms with Crippen LogP contribution in [0.3, 0.4) is 0 Å². The maximum atomic E-state index is 12.0. The maximum Gasteiger partial charge on any atom is 0.224 e. The Kier molecular flexibility index (Phi) is 6.49. The number of rotatable bonds is 7. The lowest BCUT2D eigenvalue weighted by atomic mass is 10.1. The predicted octanol–water partition coefficient (Wildman–Crippen LogP) is 3.36. The molecule has 0 radical (unpaired) electrons. The lowest BCUT2D eigenvalue weighted by molar-refractivity contribution is -0.124. The standard InChI is InChI=1S/C18H23N3O2S/c1-4-14-7-5-6-8-15(14)21-17(23)10-9-16(22)19-11-18-20-12(2)13(3)24-18/h5-8H,4,9-11H2,1-3H3,(H,19,22)(H,21,23). The van der Waals surface area contributed by atoms with Crippen molar-refractivity contribution in [2.45, 2.75) is 46.6 Å². The average Bonchev–Trinajstić information content (AvgIpc) is 2.89. The summed E-state index contributed by atoms with van der Waals surface area (Å²) in [4.78, 5) is 29.4. The largest absolute Gasteiger partial charge is 0.350 e. The van der Waals surface area contributed by atoms with Crippen molar-refractivity contribution < 1.29 is 9.59 Å². The van der Waals surface area contributed by atoms with Gasteiger partial charge in [0.2, 0.25) is 11.8 Å². The minimum Gasteiger partial charge on any atom is -0.350 e. The topological polar surface area (TPSA) is 71.1 Å². The van der Waals surface area contributed by atoms with Gasteiger partial charge in [-0.1, -0.05) is 25.1 Å². The second-order valence-corrected chi connectivity index (χ2v) is 6.87. The van der Waals surface area contributed by atoms with Crippen LogP contribution in [0.5, 0.6) is 0 Å². The highest BCUT2D eigenvalue weighted by Crippen LogP contribution is 2.17. The Morgan fingerprint density at radius 1 is 1.12 bits per heavy atom. The molecule has 0 aliphatic heterocycles. The number of nitrogens with zero attached hydrogens (tertiary/aromatic N) is 1. The molecule has 2 N–H and O–H groups in total. The van der Waals surface area contributed by atoms with Gasteiger partial charge in [0.15, 0.2) is 0 Å². The van der Waals surface area contributed by atoms with Crippen molar-refractivity contribution in [2.24, 2.45) is 0 Å². The van der Waals surface area contributed by atoms with Crippen LogP contribution in [0.1, 0.15) is 40.9 Å². The minimum absolute atomic E-state index is 0.139. The van der Waals surface area contributed by atoms with E-state index in [0.717, 1.165) is 33.3 Å². The molecule has 1 heterocycles. The molecule has 0 atom stereocenters. The molecule has 0 unspecified atom stereocenters. The van der Waals surface area contributed by atoms with E-state index in [0.29, 0.717) is 6.54 Å². The highest BCUT2D eigenvalue weighted by atomic mass is 32.1. The zero-order valence-electron chi connectivity index (χ0n) is 14.3. The van der Waals surface area contributed by atoms with E-state index in [1.165, 1.54) is 0 Å². The molecule has 0 spiro atoms. The number of aromatic nitrogens is 1. The van der Waals surface area contributed by atoms with Crippen molar-refractivity contribution in [1.82, 2.24) is 10.3 Å². The molecule has 0 saturated carbocycles. The average molecular weight is 345 g/mol. The summed E-state index contributed by atoms with van der Waals surface area (Å²) < 4.78 is 0. The molecule has 2 amide bonds. The first kappa shape index (κ1) is 18.1. The summed E-state index contributed by atoms with van der Waals surface area (Å²) >= 11 is 1.58. The molecule has 1 aromatic carbocycles. The van der Waals surface area contributed by atoms with Gasteiger partial charge >= 0.3 is 0 Å². The lowest BCUT2D eigenvalue weighted by Gasteiger charge is -2.09. The summed E-state index contributed by atoms with van der Waals surface area (Å²) in [6.45, 7) is 6.42. The molecule has 0 aliphatic rings. The minimum atomic E-state index is -0.146. The Labute approximate surface area is 146 Å². The summed E-state index contributed by atoms with van der Waals surface area (Å²) in [5.41, 5.74) is 2.90. The van der Waals surface area contributed by atoms with E-state index in [1.54, 1.807) is 11.3 Å². The van der Waals surface area contributed by atoms with Crippen molar-refractivity contribution in [3.63, 3.8) is 0 Å². The number of amides is 2. The SMILES string of the molecule is CCc1ccccc1NC(=O)CCC(=O)NCc1nc(C)c(C)s1. The van der Waals surface area contributed by atoms with Gasteiger partial charge in [-0.05, 0) is 31.9 Å². The second-order valence-electron chi connectivity index (χ2n) is 5.58. The molecular weight excluding hydrogens is 322 g/mol. The lowest BCUT2D eigenvalue weighted by Crippen LogP contribution is -2.24. The number of hydrogen-bond donors (Lipinski definition) is 2. The van der Waals surface area contributed by atoms with Crippen LogP contribution in [0.25, 0.3) is 0 Å². The van der Waals surface area contributed by atoms with Gasteiger partial charge in [0.05, 0.1) is 12.2 Å². The molecule has 24 heavy (non-hydrogen) atoms. The monoisotopic (exact) mass is 345 g/mol. The van der Waals surface area contributed by atoms with Crippen LogP contribution >= 0.6 is 11.3 Å². The molecule has 5 nitrogen and oxygen atoms in total. The van der Waals surface area contributed by atoms with E-state index < -0.39 is 0 Å². The van der Waals surface area contributed by atoms with E-state index in [1.807, 2.05) is 45.0 Å².